The quantitative estimate of drug-likeness (QED) is 0.545. The predicted octanol–water partition coefficient (Wildman–Crippen LogP) is 4.15. The minimum absolute atomic E-state index is 0.755. The Morgan fingerprint density at radius 3 is 2.38 bits per heavy atom. The van der Waals surface area contributed by atoms with Crippen LogP contribution < -0.4 is 5.32 Å². The van der Waals surface area contributed by atoms with Gasteiger partial charge < -0.3 is 5.32 Å². The first-order chi connectivity index (χ1) is 7.68. The lowest BCUT2D eigenvalue weighted by Gasteiger charge is -2.12. The van der Waals surface area contributed by atoms with E-state index in [-0.39, 0.29) is 0 Å². The molecule has 1 nitrogen and oxygen atoms in total. The summed E-state index contributed by atoms with van der Waals surface area (Å²) in [7, 11) is 0. The Bertz CT molecular complexity index is 197. The first-order valence-electron chi connectivity index (χ1n) is 7.06. The van der Waals surface area contributed by atoms with Crippen LogP contribution in [-0.2, 0) is 0 Å². The zero-order valence-corrected chi connectivity index (χ0v) is 11.4. The molecule has 0 aliphatic heterocycles. The lowest BCUT2D eigenvalue weighted by molar-refractivity contribution is 0.546. The molecule has 1 aliphatic carbocycles. The van der Waals surface area contributed by atoms with E-state index in [1.165, 1.54) is 44.1 Å². The summed E-state index contributed by atoms with van der Waals surface area (Å²) in [4.78, 5) is 0. The van der Waals surface area contributed by atoms with E-state index in [2.05, 4.69) is 32.2 Å². The average Bonchev–Trinajstić information content (AvgIpc) is 2.45. The van der Waals surface area contributed by atoms with Crippen LogP contribution >= 0.6 is 0 Å². The summed E-state index contributed by atoms with van der Waals surface area (Å²) >= 11 is 0. The highest BCUT2D eigenvalue weighted by Gasteiger charge is 2.09. The number of rotatable bonds is 5. The molecule has 1 saturated carbocycles. The number of hydrogen-bond acceptors (Lipinski definition) is 1. The molecule has 1 aliphatic rings. The molecule has 1 rings (SSSR count). The SMILES string of the molecule is CC(=CC1CCCCCC1)CNCC(C)C. The molecular formula is C15H29N. The summed E-state index contributed by atoms with van der Waals surface area (Å²) in [6.07, 6.45) is 11.1. The molecule has 0 radical (unpaired) electrons. The molecule has 1 heteroatoms. The molecule has 0 amide bonds. The largest absolute Gasteiger partial charge is 0.313 e. The van der Waals surface area contributed by atoms with Gasteiger partial charge in [0.25, 0.3) is 0 Å². The monoisotopic (exact) mass is 223 g/mol. The van der Waals surface area contributed by atoms with Gasteiger partial charge in [0, 0.05) is 6.54 Å². The van der Waals surface area contributed by atoms with Crippen LogP contribution in [0.4, 0.5) is 0 Å². The van der Waals surface area contributed by atoms with Crippen molar-refractivity contribution in [2.45, 2.75) is 59.3 Å². The highest BCUT2D eigenvalue weighted by molar-refractivity contribution is 5.03. The van der Waals surface area contributed by atoms with Gasteiger partial charge in [0.15, 0.2) is 0 Å². The van der Waals surface area contributed by atoms with E-state index in [1.807, 2.05) is 0 Å². The van der Waals surface area contributed by atoms with Crippen LogP contribution in [-0.4, -0.2) is 13.1 Å². The first kappa shape index (κ1) is 13.8. The van der Waals surface area contributed by atoms with Crippen LogP contribution in [0.5, 0.6) is 0 Å². The normalized spacial score (nSPS) is 20.1. The van der Waals surface area contributed by atoms with Crippen LogP contribution in [0, 0.1) is 11.8 Å². The van der Waals surface area contributed by atoms with Crippen LogP contribution in [0.3, 0.4) is 0 Å². The van der Waals surface area contributed by atoms with Gasteiger partial charge in [-0.2, -0.15) is 0 Å². The highest BCUT2D eigenvalue weighted by Crippen LogP contribution is 2.24. The number of allylic oxidation sites excluding steroid dienone is 1. The van der Waals surface area contributed by atoms with Crippen molar-refractivity contribution in [2.24, 2.45) is 11.8 Å². The fourth-order valence-corrected chi connectivity index (χ4v) is 2.50. The van der Waals surface area contributed by atoms with E-state index >= 15 is 0 Å². The smallest absolute Gasteiger partial charge is 0.0162 e. The van der Waals surface area contributed by atoms with Gasteiger partial charge >= 0.3 is 0 Å². The van der Waals surface area contributed by atoms with Crippen LogP contribution in [0.1, 0.15) is 59.3 Å². The molecule has 0 heterocycles. The Balaban J connectivity index is 2.24. The molecular weight excluding hydrogens is 194 g/mol. The van der Waals surface area contributed by atoms with Crippen molar-refractivity contribution in [3.05, 3.63) is 11.6 Å². The van der Waals surface area contributed by atoms with Crippen molar-refractivity contribution in [2.75, 3.05) is 13.1 Å². The van der Waals surface area contributed by atoms with E-state index in [9.17, 15) is 0 Å². The summed E-state index contributed by atoms with van der Waals surface area (Å²) < 4.78 is 0. The summed E-state index contributed by atoms with van der Waals surface area (Å²) in [5.41, 5.74) is 1.53. The van der Waals surface area contributed by atoms with E-state index < -0.39 is 0 Å². The summed E-state index contributed by atoms with van der Waals surface area (Å²) in [6.45, 7) is 9.01. The predicted molar refractivity (Wildman–Crippen MR) is 72.7 cm³/mol. The van der Waals surface area contributed by atoms with Gasteiger partial charge in [0.05, 0.1) is 0 Å². The van der Waals surface area contributed by atoms with Crippen LogP contribution in [0.2, 0.25) is 0 Å². The third kappa shape index (κ3) is 6.32. The Kier molecular flexibility index (Phi) is 6.79. The maximum Gasteiger partial charge on any atom is 0.0162 e. The van der Waals surface area contributed by atoms with Gasteiger partial charge in [-0.1, -0.05) is 51.2 Å². The standard InChI is InChI=1S/C15H29N/c1-13(2)11-16-12-14(3)10-15-8-6-4-5-7-9-15/h10,13,15-16H,4-9,11-12H2,1-3H3. The Labute approximate surface area is 102 Å². The molecule has 0 aromatic heterocycles. The average molecular weight is 223 g/mol. The molecule has 0 spiro atoms. The van der Waals surface area contributed by atoms with E-state index in [0.29, 0.717) is 0 Å². The molecule has 0 aromatic rings. The minimum atomic E-state index is 0.755. The first-order valence-corrected chi connectivity index (χ1v) is 7.06. The van der Waals surface area contributed by atoms with E-state index in [1.54, 1.807) is 0 Å². The zero-order valence-electron chi connectivity index (χ0n) is 11.4. The number of nitrogens with one attached hydrogen (secondary N) is 1. The maximum atomic E-state index is 3.52. The zero-order chi connectivity index (χ0) is 11.8. The maximum absolute atomic E-state index is 3.52. The van der Waals surface area contributed by atoms with Gasteiger partial charge in [-0.05, 0) is 38.1 Å². The molecule has 94 valence electrons. The third-order valence-electron chi connectivity index (χ3n) is 3.38. The fraction of sp³-hybridized carbons (Fsp3) is 0.867. The van der Waals surface area contributed by atoms with Crippen molar-refractivity contribution in [3.8, 4) is 0 Å². The third-order valence-corrected chi connectivity index (χ3v) is 3.38. The van der Waals surface area contributed by atoms with Crippen LogP contribution in [0.25, 0.3) is 0 Å². The van der Waals surface area contributed by atoms with Crippen LogP contribution in [0.15, 0.2) is 11.6 Å². The van der Waals surface area contributed by atoms with Gasteiger partial charge in [-0.3, -0.25) is 0 Å². The van der Waals surface area contributed by atoms with Crippen molar-refractivity contribution in [3.63, 3.8) is 0 Å². The molecule has 0 bridgehead atoms. The molecule has 0 saturated heterocycles. The Hall–Kier alpha value is -0.300. The number of hydrogen-bond donors (Lipinski definition) is 1. The molecule has 1 N–H and O–H groups in total. The van der Waals surface area contributed by atoms with Gasteiger partial charge in [-0.25, -0.2) is 0 Å². The molecule has 0 aromatic carbocycles. The lowest BCUT2D eigenvalue weighted by atomic mass is 9.98. The van der Waals surface area contributed by atoms with Gasteiger partial charge in [0.2, 0.25) is 0 Å². The van der Waals surface area contributed by atoms with Crippen molar-refractivity contribution in [1.29, 1.82) is 0 Å². The second-order valence-corrected chi connectivity index (χ2v) is 5.79. The summed E-state index contributed by atoms with van der Waals surface area (Å²) in [5, 5.41) is 3.52. The Morgan fingerprint density at radius 2 is 1.81 bits per heavy atom. The van der Waals surface area contributed by atoms with Crippen molar-refractivity contribution in [1.82, 2.24) is 5.32 Å². The fourth-order valence-electron chi connectivity index (χ4n) is 2.50. The summed E-state index contributed by atoms with van der Waals surface area (Å²) in [6, 6.07) is 0. The van der Waals surface area contributed by atoms with E-state index in [4.69, 9.17) is 0 Å². The second kappa shape index (κ2) is 7.89. The highest BCUT2D eigenvalue weighted by atomic mass is 14.8. The summed E-state index contributed by atoms with van der Waals surface area (Å²) in [5.74, 6) is 1.62. The molecule has 16 heavy (non-hydrogen) atoms. The molecule has 1 fully saturated rings. The van der Waals surface area contributed by atoms with Gasteiger partial charge in [-0.15, -0.1) is 0 Å². The second-order valence-electron chi connectivity index (χ2n) is 5.79. The Morgan fingerprint density at radius 1 is 1.19 bits per heavy atom. The topological polar surface area (TPSA) is 12.0 Å². The molecule has 0 unspecified atom stereocenters. The van der Waals surface area contributed by atoms with E-state index in [0.717, 1.165) is 24.9 Å². The minimum Gasteiger partial charge on any atom is -0.313 e. The van der Waals surface area contributed by atoms with Gasteiger partial charge in [0.1, 0.15) is 0 Å². The molecule has 0 atom stereocenters. The van der Waals surface area contributed by atoms with Crippen molar-refractivity contribution < 1.29 is 0 Å². The van der Waals surface area contributed by atoms with Crippen molar-refractivity contribution >= 4 is 0 Å². The lowest BCUT2D eigenvalue weighted by Crippen LogP contribution is -2.21.